The van der Waals surface area contributed by atoms with Crippen molar-refractivity contribution in [2.24, 2.45) is 0 Å². The van der Waals surface area contributed by atoms with Crippen LogP contribution >= 0.6 is 11.3 Å². The van der Waals surface area contributed by atoms with E-state index in [2.05, 4.69) is 5.32 Å². The molecule has 0 aliphatic carbocycles. The predicted molar refractivity (Wildman–Crippen MR) is 103 cm³/mol. The van der Waals surface area contributed by atoms with Crippen LogP contribution in [0.15, 0.2) is 29.2 Å². The average Bonchev–Trinajstić information content (AvgIpc) is 2.92. The van der Waals surface area contributed by atoms with E-state index in [9.17, 15) is 18.6 Å². The summed E-state index contributed by atoms with van der Waals surface area (Å²) < 4.78 is 21.5. The van der Waals surface area contributed by atoms with E-state index in [1.165, 1.54) is 30.8 Å². The maximum absolute atomic E-state index is 12.2. The first-order valence-corrected chi connectivity index (χ1v) is 10.2. The standard InChI is InChI=1S/C18H19NO6S2/c1-10-11(2)26-16(15(10)18(22)24-3)19-14(20)9-25-17(21)12-7-5-6-8-13(12)27(4)23/h5-8H,9H2,1-4H3,(H,19,20)/t27-/m0/s1. The van der Waals surface area contributed by atoms with Gasteiger partial charge in [0, 0.05) is 11.1 Å². The summed E-state index contributed by atoms with van der Waals surface area (Å²) in [5.74, 6) is -1.89. The molecule has 1 N–H and O–H groups in total. The molecule has 144 valence electrons. The molecule has 1 heterocycles. The van der Waals surface area contributed by atoms with Crippen LogP contribution in [-0.2, 0) is 25.1 Å². The van der Waals surface area contributed by atoms with Crippen LogP contribution in [0.1, 0.15) is 31.2 Å². The van der Waals surface area contributed by atoms with Gasteiger partial charge in [-0.15, -0.1) is 11.3 Å². The lowest BCUT2D eigenvalue weighted by Crippen LogP contribution is -2.22. The van der Waals surface area contributed by atoms with Crippen molar-refractivity contribution >= 4 is 45.0 Å². The lowest BCUT2D eigenvalue weighted by molar-refractivity contribution is -0.119. The van der Waals surface area contributed by atoms with Crippen molar-refractivity contribution in [1.82, 2.24) is 0 Å². The normalized spacial score (nSPS) is 11.6. The van der Waals surface area contributed by atoms with Crippen molar-refractivity contribution in [1.29, 1.82) is 0 Å². The second kappa shape index (κ2) is 8.92. The first kappa shape index (κ1) is 20.8. The number of benzene rings is 1. The lowest BCUT2D eigenvalue weighted by Gasteiger charge is -2.09. The number of esters is 2. The van der Waals surface area contributed by atoms with Gasteiger partial charge in [0.2, 0.25) is 0 Å². The summed E-state index contributed by atoms with van der Waals surface area (Å²) in [7, 11) is -0.106. The molecule has 1 aromatic heterocycles. The first-order chi connectivity index (χ1) is 12.8. The Bertz CT molecular complexity index is 919. The van der Waals surface area contributed by atoms with Crippen LogP contribution in [0.2, 0.25) is 0 Å². The fourth-order valence-electron chi connectivity index (χ4n) is 2.32. The number of hydrogen-bond acceptors (Lipinski definition) is 7. The highest BCUT2D eigenvalue weighted by Crippen LogP contribution is 2.32. The topological polar surface area (TPSA) is 98.8 Å². The second-order valence-electron chi connectivity index (χ2n) is 5.55. The van der Waals surface area contributed by atoms with Crippen molar-refractivity contribution in [3.63, 3.8) is 0 Å². The second-order valence-corrected chi connectivity index (χ2v) is 8.13. The molecular formula is C18H19NO6S2. The van der Waals surface area contributed by atoms with E-state index in [0.29, 0.717) is 9.90 Å². The molecule has 1 atom stereocenters. The summed E-state index contributed by atoms with van der Waals surface area (Å²) in [6.45, 7) is 3.04. The van der Waals surface area contributed by atoms with Gasteiger partial charge in [0.1, 0.15) is 5.00 Å². The van der Waals surface area contributed by atoms with E-state index in [1.54, 1.807) is 25.1 Å². The first-order valence-electron chi connectivity index (χ1n) is 7.84. The number of aryl methyl sites for hydroxylation is 1. The van der Waals surface area contributed by atoms with E-state index in [0.717, 1.165) is 10.4 Å². The minimum absolute atomic E-state index is 0.143. The van der Waals surface area contributed by atoms with Crippen molar-refractivity contribution < 1.29 is 28.1 Å². The molecule has 0 fully saturated rings. The zero-order chi connectivity index (χ0) is 20.1. The maximum Gasteiger partial charge on any atom is 0.341 e. The van der Waals surface area contributed by atoms with Crippen molar-refractivity contribution in [2.45, 2.75) is 18.7 Å². The van der Waals surface area contributed by atoms with E-state index in [-0.39, 0.29) is 11.1 Å². The van der Waals surface area contributed by atoms with Crippen LogP contribution in [-0.4, -0.2) is 42.0 Å². The highest BCUT2D eigenvalue weighted by atomic mass is 32.2. The Morgan fingerprint density at radius 2 is 1.81 bits per heavy atom. The number of hydrogen-bond donors (Lipinski definition) is 1. The smallest absolute Gasteiger partial charge is 0.341 e. The fourth-order valence-corrected chi connectivity index (χ4v) is 4.12. The van der Waals surface area contributed by atoms with Gasteiger partial charge in [-0.05, 0) is 31.5 Å². The average molecular weight is 409 g/mol. The molecule has 0 spiro atoms. The summed E-state index contributed by atoms with van der Waals surface area (Å²) in [6.07, 6.45) is 1.45. The third-order valence-electron chi connectivity index (χ3n) is 3.78. The molecule has 7 nitrogen and oxygen atoms in total. The summed E-state index contributed by atoms with van der Waals surface area (Å²) in [5, 5.41) is 2.91. The molecule has 1 aromatic carbocycles. The fraction of sp³-hybridized carbons (Fsp3) is 0.278. The summed E-state index contributed by atoms with van der Waals surface area (Å²) in [5.41, 5.74) is 1.15. The molecule has 9 heteroatoms. The largest absolute Gasteiger partial charge is 0.465 e. The molecule has 0 unspecified atom stereocenters. The molecule has 0 saturated heterocycles. The van der Waals surface area contributed by atoms with Crippen LogP contribution in [0.3, 0.4) is 0 Å². The van der Waals surface area contributed by atoms with Crippen molar-refractivity contribution in [2.75, 3.05) is 25.3 Å². The minimum atomic E-state index is -1.37. The molecule has 0 bridgehead atoms. The van der Waals surface area contributed by atoms with Gasteiger partial charge in [-0.1, -0.05) is 12.1 Å². The van der Waals surface area contributed by atoms with Crippen LogP contribution in [0, 0.1) is 13.8 Å². The van der Waals surface area contributed by atoms with E-state index >= 15 is 0 Å². The Morgan fingerprint density at radius 3 is 2.44 bits per heavy atom. The Kier molecular flexibility index (Phi) is 6.86. The number of anilines is 1. The van der Waals surface area contributed by atoms with Gasteiger partial charge in [0.05, 0.1) is 33.9 Å². The van der Waals surface area contributed by atoms with Gasteiger partial charge in [0.15, 0.2) is 6.61 Å². The molecule has 1 amide bonds. The Labute approximate surface area is 163 Å². The van der Waals surface area contributed by atoms with E-state index in [1.807, 2.05) is 6.92 Å². The van der Waals surface area contributed by atoms with E-state index in [4.69, 9.17) is 9.47 Å². The maximum atomic E-state index is 12.2. The Morgan fingerprint density at radius 1 is 1.15 bits per heavy atom. The summed E-state index contributed by atoms with van der Waals surface area (Å²) in [6, 6.07) is 6.33. The van der Waals surface area contributed by atoms with Crippen LogP contribution in [0.5, 0.6) is 0 Å². The van der Waals surface area contributed by atoms with Gasteiger partial charge in [-0.3, -0.25) is 9.00 Å². The number of ether oxygens (including phenoxy) is 2. The van der Waals surface area contributed by atoms with Gasteiger partial charge >= 0.3 is 11.9 Å². The van der Waals surface area contributed by atoms with Crippen molar-refractivity contribution in [3.8, 4) is 0 Å². The number of nitrogens with one attached hydrogen (secondary N) is 1. The molecule has 2 rings (SSSR count). The molecule has 0 radical (unpaired) electrons. The zero-order valence-corrected chi connectivity index (χ0v) is 16.9. The molecular weight excluding hydrogens is 390 g/mol. The molecule has 0 aliphatic heterocycles. The number of methoxy groups -OCH3 is 1. The highest BCUT2D eigenvalue weighted by molar-refractivity contribution is 7.84. The minimum Gasteiger partial charge on any atom is -0.465 e. The summed E-state index contributed by atoms with van der Waals surface area (Å²) in [4.78, 5) is 37.5. The van der Waals surface area contributed by atoms with Crippen LogP contribution < -0.4 is 5.32 Å². The number of thiophene rings is 1. The number of carbonyl (C=O) groups excluding carboxylic acids is 3. The van der Waals surface area contributed by atoms with Gasteiger partial charge < -0.3 is 14.8 Å². The quantitative estimate of drug-likeness (QED) is 0.737. The third kappa shape index (κ3) is 4.81. The van der Waals surface area contributed by atoms with Crippen LogP contribution in [0.4, 0.5) is 5.00 Å². The SMILES string of the molecule is COC(=O)c1c(NC(=O)COC(=O)c2ccccc2[S@](C)=O)sc(C)c1C. The lowest BCUT2D eigenvalue weighted by atomic mass is 10.1. The van der Waals surface area contributed by atoms with Crippen molar-refractivity contribution in [3.05, 3.63) is 45.8 Å². The molecule has 2 aromatic rings. The van der Waals surface area contributed by atoms with Gasteiger partial charge in [0.25, 0.3) is 5.91 Å². The van der Waals surface area contributed by atoms with E-state index < -0.39 is 35.3 Å². The molecule has 27 heavy (non-hydrogen) atoms. The van der Waals surface area contributed by atoms with Gasteiger partial charge in [-0.25, -0.2) is 9.59 Å². The number of amides is 1. The van der Waals surface area contributed by atoms with Crippen LogP contribution in [0.25, 0.3) is 0 Å². The third-order valence-corrected chi connectivity index (χ3v) is 5.88. The zero-order valence-electron chi connectivity index (χ0n) is 15.3. The predicted octanol–water partition coefficient (Wildman–Crippen LogP) is 2.68. The van der Waals surface area contributed by atoms with Gasteiger partial charge in [-0.2, -0.15) is 0 Å². The number of rotatable bonds is 6. The molecule has 0 aliphatic rings. The highest BCUT2D eigenvalue weighted by Gasteiger charge is 2.22. The summed E-state index contributed by atoms with van der Waals surface area (Å²) >= 11 is 1.24. The number of carbonyl (C=O) groups is 3. The monoisotopic (exact) mass is 409 g/mol. The Balaban J connectivity index is 2.08. The Hall–Kier alpha value is -2.52. The molecule has 0 saturated carbocycles.